The highest BCUT2D eigenvalue weighted by Gasteiger charge is 2.33. The molecule has 1 aromatic rings. The molecule has 10 heteroatoms. The van der Waals surface area contributed by atoms with E-state index in [1.165, 1.54) is 22.5 Å². The SMILES string of the molecule is Cc1cn(C2C[C@@H](SCP(=O)(OC(C)C)OC(C)C)CO2)c(=O)[nH]c1=O. The van der Waals surface area contributed by atoms with Gasteiger partial charge in [0.05, 0.1) is 24.3 Å². The van der Waals surface area contributed by atoms with E-state index in [0.717, 1.165) is 0 Å². The molecule has 2 atom stereocenters. The van der Waals surface area contributed by atoms with Crippen molar-refractivity contribution < 1.29 is 18.3 Å². The molecule has 0 aromatic carbocycles. The number of aryl methyl sites for hydroxylation is 1. The third-order valence-electron chi connectivity index (χ3n) is 3.61. The number of nitrogens with one attached hydrogen (secondary N) is 1. The standard InChI is InChI=1S/C16H27N2O6PS/c1-10(2)23-25(21,24-11(3)4)9-26-13-6-14(22-8-13)18-7-12(5)15(19)17-16(18)20/h7,10-11,13-14H,6,8-9H2,1-5H3,(H,17,19,20)/t13-,14?/m1/s1. The minimum absolute atomic E-state index is 0.0546. The Morgan fingerprint density at radius 2 is 1.92 bits per heavy atom. The van der Waals surface area contributed by atoms with E-state index in [1.807, 2.05) is 27.7 Å². The molecule has 2 rings (SSSR count). The molecule has 0 saturated carbocycles. The molecule has 0 bridgehead atoms. The highest BCUT2D eigenvalue weighted by Crippen LogP contribution is 2.54. The third kappa shape index (κ3) is 5.82. The van der Waals surface area contributed by atoms with E-state index < -0.39 is 25.1 Å². The molecule has 1 N–H and O–H groups in total. The molecule has 1 aliphatic heterocycles. The summed E-state index contributed by atoms with van der Waals surface area (Å²) in [4.78, 5) is 25.7. The van der Waals surface area contributed by atoms with E-state index in [4.69, 9.17) is 13.8 Å². The fourth-order valence-corrected chi connectivity index (χ4v) is 6.48. The van der Waals surface area contributed by atoms with Crippen molar-refractivity contribution in [3.8, 4) is 0 Å². The van der Waals surface area contributed by atoms with Crippen LogP contribution in [0.25, 0.3) is 0 Å². The Kier molecular flexibility index (Phi) is 7.33. The first-order chi connectivity index (χ1) is 12.1. The Balaban J connectivity index is 2.00. The van der Waals surface area contributed by atoms with Gasteiger partial charge in [-0.3, -0.25) is 18.9 Å². The molecule has 1 fully saturated rings. The highest BCUT2D eigenvalue weighted by atomic mass is 32.2. The van der Waals surface area contributed by atoms with Crippen molar-refractivity contribution in [2.24, 2.45) is 0 Å². The molecular formula is C16H27N2O6PS. The zero-order valence-corrected chi connectivity index (χ0v) is 17.5. The van der Waals surface area contributed by atoms with Crippen LogP contribution in [0.4, 0.5) is 0 Å². The van der Waals surface area contributed by atoms with Crippen molar-refractivity contribution in [3.63, 3.8) is 0 Å². The number of H-pyrrole nitrogens is 1. The van der Waals surface area contributed by atoms with E-state index >= 15 is 0 Å². The fourth-order valence-electron chi connectivity index (χ4n) is 2.61. The Hall–Kier alpha value is -0.860. The van der Waals surface area contributed by atoms with Gasteiger partial charge in [0.2, 0.25) is 0 Å². The maximum Gasteiger partial charge on any atom is 0.340 e. The van der Waals surface area contributed by atoms with E-state index in [-0.39, 0.29) is 23.0 Å². The lowest BCUT2D eigenvalue weighted by Gasteiger charge is -2.23. The van der Waals surface area contributed by atoms with Crippen LogP contribution in [0.15, 0.2) is 15.8 Å². The van der Waals surface area contributed by atoms with Crippen LogP contribution < -0.4 is 11.2 Å². The summed E-state index contributed by atoms with van der Waals surface area (Å²) in [5.41, 5.74) is -0.214. The van der Waals surface area contributed by atoms with Crippen molar-refractivity contribution in [2.75, 3.05) is 12.1 Å². The molecule has 148 valence electrons. The number of rotatable bonds is 8. The van der Waals surface area contributed by atoms with Gasteiger partial charge in [0.1, 0.15) is 6.23 Å². The van der Waals surface area contributed by atoms with Crippen LogP contribution in [-0.2, 0) is 18.3 Å². The first-order valence-corrected chi connectivity index (χ1v) is 11.4. The van der Waals surface area contributed by atoms with Gasteiger partial charge in [-0.2, -0.15) is 0 Å². The number of aromatic amines is 1. The molecule has 1 aromatic heterocycles. The van der Waals surface area contributed by atoms with Crippen molar-refractivity contribution >= 4 is 19.4 Å². The molecule has 0 aliphatic carbocycles. The maximum absolute atomic E-state index is 12.9. The topological polar surface area (TPSA) is 99.6 Å². The number of hydrogen-bond acceptors (Lipinski definition) is 7. The molecule has 26 heavy (non-hydrogen) atoms. The van der Waals surface area contributed by atoms with E-state index in [9.17, 15) is 14.2 Å². The van der Waals surface area contributed by atoms with Gasteiger partial charge in [0.25, 0.3) is 5.56 Å². The van der Waals surface area contributed by atoms with Crippen LogP contribution in [-0.4, -0.2) is 39.1 Å². The largest absolute Gasteiger partial charge is 0.357 e. The van der Waals surface area contributed by atoms with Crippen LogP contribution in [0.2, 0.25) is 0 Å². The summed E-state index contributed by atoms with van der Waals surface area (Å²) >= 11 is 1.46. The van der Waals surface area contributed by atoms with Gasteiger partial charge in [-0.25, -0.2) is 4.79 Å². The van der Waals surface area contributed by atoms with Gasteiger partial charge >= 0.3 is 13.3 Å². The molecule has 0 radical (unpaired) electrons. The Morgan fingerprint density at radius 1 is 1.31 bits per heavy atom. The van der Waals surface area contributed by atoms with Crippen molar-refractivity contribution in [1.29, 1.82) is 0 Å². The average molecular weight is 406 g/mol. The molecular weight excluding hydrogens is 379 g/mol. The summed E-state index contributed by atoms with van der Waals surface area (Å²) < 4.78 is 31.1. The lowest BCUT2D eigenvalue weighted by molar-refractivity contribution is 0.0526. The van der Waals surface area contributed by atoms with Crippen molar-refractivity contribution in [1.82, 2.24) is 9.55 Å². The molecule has 0 spiro atoms. The normalized spacial score (nSPS) is 21.0. The van der Waals surface area contributed by atoms with Gasteiger partial charge in [-0.05, 0) is 34.6 Å². The lowest BCUT2D eigenvalue weighted by atomic mass is 10.3. The molecule has 2 heterocycles. The zero-order chi connectivity index (χ0) is 19.5. The van der Waals surface area contributed by atoms with Gasteiger partial charge in [-0.15, -0.1) is 11.8 Å². The number of hydrogen-bond donors (Lipinski definition) is 1. The molecule has 0 amide bonds. The first-order valence-electron chi connectivity index (χ1n) is 8.61. The maximum atomic E-state index is 12.9. The second kappa shape index (κ2) is 8.89. The van der Waals surface area contributed by atoms with E-state index in [2.05, 4.69) is 4.98 Å². The van der Waals surface area contributed by atoms with Crippen molar-refractivity contribution in [2.45, 2.75) is 64.7 Å². The third-order valence-corrected chi connectivity index (χ3v) is 7.75. The molecule has 1 aliphatic rings. The average Bonchev–Trinajstić information content (AvgIpc) is 2.96. The van der Waals surface area contributed by atoms with Gasteiger partial charge in [-0.1, -0.05) is 0 Å². The number of ether oxygens (including phenoxy) is 1. The van der Waals surface area contributed by atoms with Gasteiger partial charge < -0.3 is 13.8 Å². The fraction of sp³-hybridized carbons (Fsp3) is 0.750. The Morgan fingerprint density at radius 3 is 2.50 bits per heavy atom. The first kappa shape index (κ1) is 21.4. The van der Waals surface area contributed by atoms with Gasteiger partial charge in [0.15, 0.2) is 0 Å². The molecule has 8 nitrogen and oxygen atoms in total. The minimum atomic E-state index is -3.21. The van der Waals surface area contributed by atoms with E-state index in [1.54, 1.807) is 6.92 Å². The predicted molar refractivity (Wildman–Crippen MR) is 102 cm³/mol. The summed E-state index contributed by atoms with van der Waals surface area (Å²) in [5.74, 6) is 0. The quantitative estimate of drug-likeness (QED) is 0.663. The lowest BCUT2D eigenvalue weighted by Crippen LogP contribution is -2.33. The van der Waals surface area contributed by atoms with Crippen LogP contribution in [0, 0.1) is 6.92 Å². The Bertz CT molecular complexity index is 761. The zero-order valence-electron chi connectivity index (χ0n) is 15.8. The highest BCUT2D eigenvalue weighted by molar-refractivity contribution is 8.05. The van der Waals surface area contributed by atoms with Crippen LogP contribution in [0.1, 0.15) is 45.9 Å². The number of nitrogens with zero attached hydrogens (tertiary/aromatic N) is 1. The van der Waals surface area contributed by atoms with Gasteiger partial charge in [0, 0.05) is 23.4 Å². The molecule has 1 unspecified atom stereocenters. The Labute approximate surface area is 157 Å². The number of aromatic nitrogens is 2. The summed E-state index contributed by atoms with van der Waals surface area (Å²) in [6.07, 6.45) is 1.23. The van der Waals surface area contributed by atoms with Crippen molar-refractivity contribution in [3.05, 3.63) is 32.6 Å². The van der Waals surface area contributed by atoms with Crippen LogP contribution in [0.3, 0.4) is 0 Å². The second-order valence-electron chi connectivity index (χ2n) is 6.84. The summed E-state index contributed by atoms with van der Waals surface area (Å²) in [6, 6.07) is 0. The summed E-state index contributed by atoms with van der Waals surface area (Å²) in [6.45, 7) is 9.34. The predicted octanol–water partition coefficient (Wildman–Crippen LogP) is 2.87. The molecule has 1 saturated heterocycles. The second-order valence-corrected chi connectivity index (χ2v) is 10.5. The smallest absolute Gasteiger partial charge is 0.340 e. The van der Waals surface area contributed by atoms with Crippen LogP contribution in [0.5, 0.6) is 0 Å². The minimum Gasteiger partial charge on any atom is -0.357 e. The summed E-state index contributed by atoms with van der Waals surface area (Å²) in [7, 11) is -3.21. The van der Waals surface area contributed by atoms with Crippen LogP contribution >= 0.6 is 19.4 Å². The number of thioether (sulfide) groups is 1. The summed E-state index contributed by atoms with van der Waals surface area (Å²) in [5, 5.41) is 0.0546. The monoisotopic (exact) mass is 406 g/mol. The van der Waals surface area contributed by atoms with E-state index in [0.29, 0.717) is 18.6 Å².